The minimum absolute atomic E-state index is 0.00303. The van der Waals surface area contributed by atoms with E-state index in [-0.39, 0.29) is 32.4 Å². The molecule has 2 heterocycles. The van der Waals surface area contributed by atoms with E-state index in [0.717, 1.165) is 0 Å². The summed E-state index contributed by atoms with van der Waals surface area (Å²) in [5, 5.41) is 67.3. The largest absolute Gasteiger partial charge is 0.394 e. The van der Waals surface area contributed by atoms with Crippen molar-refractivity contribution in [3.05, 3.63) is 0 Å². The number of amides is 1. The molecule has 1 saturated carbocycles. The number of guanidine groups is 1. The third-order valence-corrected chi connectivity index (χ3v) is 8.10. The van der Waals surface area contributed by atoms with Crippen molar-refractivity contribution in [3.63, 3.8) is 0 Å². The van der Waals surface area contributed by atoms with Crippen LogP contribution in [0.1, 0.15) is 19.3 Å². The Morgan fingerprint density at radius 2 is 1.64 bits per heavy atom. The fraction of sp³-hybridized carbons (Fsp3) is 0.920. The van der Waals surface area contributed by atoms with E-state index in [1.54, 1.807) is 0 Å². The third-order valence-electron chi connectivity index (χ3n) is 8.10. The maximum atomic E-state index is 16.5. The Kier molecular flexibility index (Phi) is 14.5. The maximum Gasteiger partial charge on any atom is 0.249 e. The Bertz CT molecular complexity index is 950. The van der Waals surface area contributed by atoms with E-state index in [0.29, 0.717) is 13.1 Å². The number of hydrogen-bond donors (Lipinski definition) is 14. The van der Waals surface area contributed by atoms with Gasteiger partial charge in [-0.1, -0.05) is 0 Å². The molecule has 2 aliphatic heterocycles. The molecule has 0 spiro atoms. The zero-order valence-corrected chi connectivity index (χ0v) is 24.9. The molecule has 1 aliphatic carbocycles. The molecular weight excluding hydrogens is 605 g/mol. The Morgan fingerprint density at radius 1 is 0.978 bits per heavy atom. The summed E-state index contributed by atoms with van der Waals surface area (Å²) in [4.78, 5) is 12.7. The van der Waals surface area contributed by atoms with Gasteiger partial charge in [-0.15, -0.1) is 0 Å². The van der Waals surface area contributed by atoms with Crippen LogP contribution in [0.15, 0.2) is 0 Å². The number of nitrogens with one attached hydrogen (secondary N) is 4. The van der Waals surface area contributed by atoms with Crippen molar-refractivity contribution >= 4 is 11.9 Å². The summed E-state index contributed by atoms with van der Waals surface area (Å²) in [6.07, 6.45) is -16.1. The third kappa shape index (κ3) is 9.58. The van der Waals surface area contributed by atoms with Crippen LogP contribution >= 0.6 is 0 Å². The molecule has 7 unspecified atom stereocenters. The van der Waals surface area contributed by atoms with Crippen molar-refractivity contribution in [2.24, 2.45) is 28.7 Å². The number of halogens is 1. The molecule has 1 amide bonds. The lowest BCUT2D eigenvalue weighted by atomic mass is 9.84. The van der Waals surface area contributed by atoms with Crippen molar-refractivity contribution in [1.82, 2.24) is 16.0 Å². The second-order valence-corrected chi connectivity index (χ2v) is 11.5. The second kappa shape index (κ2) is 17.3. The Balaban J connectivity index is 1.85. The van der Waals surface area contributed by atoms with Gasteiger partial charge in [0.05, 0.1) is 36.9 Å². The highest BCUT2D eigenvalue weighted by atomic mass is 19.1. The summed E-state index contributed by atoms with van der Waals surface area (Å²) in [6, 6.07) is -4.48. The zero-order valence-electron chi connectivity index (χ0n) is 24.9. The predicted molar refractivity (Wildman–Crippen MR) is 155 cm³/mol. The van der Waals surface area contributed by atoms with Gasteiger partial charge in [-0.05, 0) is 25.8 Å². The number of aliphatic hydroxyl groups is 5. The minimum Gasteiger partial charge on any atom is -0.394 e. The van der Waals surface area contributed by atoms with Gasteiger partial charge >= 0.3 is 0 Å². The summed E-state index contributed by atoms with van der Waals surface area (Å²) in [6.45, 7) is 0.295. The molecular formula is C25H50FN9O10. The van der Waals surface area contributed by atoms with Crippen LogP contribution in [0.2, 0.25) is 0 Å². The van der Waals surface area contributed by atoms with Gasteiger partial charge in [-0.3, -0.25) is 10.2 Å². The lowest BCUT2D eigenvalue weighted by Crippen LogP contribution is -2.69. The van der Waals surface area contributed by atoms with Crippen molar-refractivity contribution in [2.45, 2.75) is 111 Å². The Labute approximate surface area is 259 Å². The number of nitrogens with two attached hydrogens (primary N) is 5. The van der Waals surface area contributed by atoms with Gasteiger partial charge in [0, 0.05) is 25.7 Å². The molecule has 0 bridgehead atoms. The van der Waals surface area contributed by atoms with Crippen molar-refractivity contribution in [3.8, 4) is 0 Å². The highest BCUT2D eigenvalue weighted by Crippen LogP contribution is 2.33. The lowest BCUT2D eigenvalue weighted by Gasteiger charge is -2.48. The first-order chi connectivity index (χ1) is 21.3. The molecule has 19 nitrogen and oxygen atoms in total. The molecule has 15 atom stereocenters. The summed E-state index contributed by atoms with van der Waals surface area (Å²) >= 11 is 0. The Morgan fingerprint density at radius 3 is 2.27 bits per heavy atom. The molecule has 19 N–H and O–H groups in total. The zero-order chi connectivity index (χ0) is 33.4. The van der Waals surface area contributed by atoms with Crippen LogP contribution in [-0.2, 0) is 23.7 Å². The molecule has 2 saturated heterocycles. The summed E-state index contributed by atoms with van der Waals surface area (Å²) in [5.41, 5.74) is 28.8. The molecule has 3 rings (SSSR count). The topological polar surface area (TPSA) is 345 Å². The smallest absolute Gasteiger partial charge is 0.249 e. The maximum absolute atomic E-state index is 16.5. The van der Waals surface area contributed by atoms with Gasteiger partial charge in [-0.2, -0.15) is 0 Å². The van der Waals surface area contributed by atoms with Crippen LogP contribution in [0.25, 0.3) is 0 Å². The second-order valence-electron chi connectivity index (χ2n) is 11.5. The van der Waals surface area contributed by atoms with Gasteiger partial charge in [0.15, 0.2) is 24.7 Å². The van der Waals surface area contributed by atoms with E-state index < -0.39 is 110 Å². The van der Waals surface area contributed by atoms with Crippen LogP contribution in [0.4, 0.5) is 4.39 Å². The number of aliphatic hydroxyl groups excluding tert-OH is 5. The quantitative estimate of drug-likeness (QED) is 0.0469. The van der Waals surface area contributed by atoms with E-state index in [1.165, 1.54) is 0 Å². The molecule has 3 aliphatic rings. The number of carbonyl (C=O) groups is 1. The average molecular weight is 656 g/mol. The summed E-state index contributed by atoms with van der Waals surface area (Å²) < 4.78 is 39.8. The molecule has 45 heavy (non-hydrogen) atoms. The standard InChI is InChI=1S/C25H50FN9O10/c26-16-20(44-23-10(30)6-13(38)14(42-23)7-33-4-3-28)9(29)5-11(34-22(41)12(37)1-2-27)21(16)45-24-19(40)17(35-25(31)32)18(39)15(8-36)43-24/h9-21,23-24,33,36-40H,1-8,27-30H2,(H,34,41)(H4,31,32,35)/t9?,10?,11-,12+,13+,14?,15-,16?,17-,18?,19-,20-,21?,23-,24?/m1/s1. The first-order valence-electron chi connectivity index (χ1n) is 14.9. The van der Waals surface area contributed by atoms with Gasteiger partial charge < -0.3 is 89.1 Å². The summed E-state index contributed by atoms with van der Waals surface area (Å²) in [5.74, 6) is -1.48. The van der Waals surface area contributed by atoms with Crippen LogP contribution < -0.4 is 44.6 Å². The van der Waals surface area contributed by atoms with Crippen molar-refractivity contribution in [1.29, 1.82) is 5.41 Å². The number of rotatable bonds is 14. The van der Waals surface area contributed by atoms with Gasteiger partial charge in [0.25, 0.3) is 0 Å². The average Bonchev–Trinajstić information content (AvgIpc) is 2.98. The highest BCUT2D eigenvalue weighted by Gasteiger charge is 2.53. The molecule has 0 aromatic rings. The minimum atomic E-state index is -2.13. The first kappa shape index (κ1) is 37.6. The fourth-order valence-electron chi connectivity index (χ4n) is 5.69. The molecule has 20 heteroatoms. The fourth-order valence-corrected chi connectivity index (χ4v) is 5.69. The molecule has 262 valence electrons. The van der Waals surface area contributed by atoms with Gasteiger partial charge in [-0.25, -0.2) is 4.39 Å². The summed E-state index contributed by atoms with van der Waals surface area (Å²) in [7, 11) is 0. The highest BCUT2D eigenvalue weighted by molar-refractivity contribution is 5.80. The van der Waals surface area contributed by atoms with Crippen LogP contribution in [-0.4, -0.2) is 162 Å². The van der Waals surface area contributed by atoms with E-state index in [2.05, 4.69) is 16.0 Å². The van der Waals surface area contributed by atoms with E-state index in [1.807, 2.05) is 0 Å². The molecule has 3 fully saturated rings. The number of alkyl halides is 1. The normalized spacial score (nSPS) is 41.3. The number of ether oxygens (including phenoxy) is 4. The lowest BCUT2D eigenvalue weighted by molar-refractivity contribution is -0.311. The van der Waals surface area contributed by atoms with Crippen LogP contribution in [0.5, 0.6) is 0 Å². The molecule has 0 radical (unpaired) electrons. The Hall–Kier alpha value is -1.89. The monoisotopic (exact) mass is 655 g/mol. The first-order valence-corrected chi connectivity index (χ1v) is 14.9. The SMILES string of the molecule is N=C(N)N[C@@H]1C(O)[C@@H](CO)OC(OC2C(F)[C@H](O[C@H]3OC(CNCCN)[C@@H](O)CC3N)C(N)C[C@H]2NC(=O)[C@@H](O)CCN)[C@@H]1O. The van der Waals surface area contributed by atoms with Gasteiger partial charge in [0.2, 0.25) is 5.91 Å². The predicted octanol–water partition coefficient (Wildman–Crippen LogP) is -7.34. The molecule has 0 aromatic heterocycles. The van der Waals surface area contributed by atoms with Crippen molar-refractivity contribution in [2.75, 3.05) is 32.8 Å². The van der Waals surface area contributed by atoms with Crippen LogP contribution in [0, 0.1) is 5.41 Å². The van der Waals surface area contributed by atoms with Gasteiger partial charge in [0.1, 0.15) is 36.6 Å². The van der Waals surface area contributed by atoms with E-state index in [9.17, 15) is 30.3 Å². The van der Waals surface area contributed by atoms with E-state index >= 15 is 4.39 Å². The van der Waals surface area contributed by atoms with Crippen LogP contribution in [0.3, 0.4) is 0 Å². The van der Waals surface area contributed by atoms with E-state index in [4.69, 9.17) is 53.0 Å². The number of hydrogen-bond acceptors (Lipinski definition) is 16. The van der Waals surface area contributed by atoms with Crippen molar-refractivity contribution < 1.29 is 53.7 Å². The number of carbonyl (C=O) groups excluding carboxylic acids is 1. The molecule has 0 aromatic carbocycles.